The average Bonchev–Trinajstić information content (AvgIpc) is 3.12. The number of nitrogens with zero attached hydrogens (tertiary/aromatic N) is 1. The highest BCUT2D eigenvalue weighted by Crippen LogP contribution is 2.29. The number of carbonyl (C=O) groups excluding carboxylic acids is 1. The number of hydrogen-bond donors (Lipinski definition) is 2. The minimum Gasteiger partial charge on any atom is -0.451 e. The van der Waals surface area contributed by atoms with Crippen molar-refractivity contribution < 1.29 is 17.9 Å². The third kappa shape index (κ3) is 5.51. The highest BCUT2D eigenvalue weighted by Gasteiger charge is 2.23. The monoisotopic (exact) mass is 553 g/mol. The number of sulfonamides is 1. The molecule has 2 N–H and O–H groups in total. The van der Waals surface area contributed by atoms with Crippen LogP contribution in [0.1, 0.15) is 71.5 Å². The molecule has 0 aliphatic rings. The Hall–Kier alpha value is -3.50. The molecule has 0 fully saturated rings. The molecule has 4 rings (SSSR count). The molecule has 2 aromatic heterocycles. The summed E-state index contributed by atoms with van der Waals surface area (Å²) in [5.41, 5.74) is 2.52. The minimum absolute atomic E-state index is 0.201. The largest absolute Gasteiger partial charge is 0.451 e. The molecule has 1 unspecified atom stereocenters. The van der Waals surface area contributed by atoms with E-state index in [9.17, 15) is 18.0 Å². The van der Waals surface area contributed by atoms with Crippen LogP contribution in [0.3, 0.4) is 0 Å². The van der Waals surface area contributed by atoms with Gasteiger partial charge in [0.2, 0.25) is 0 Å². The van der Waals surface area contributed by atoms with Crippen LogP contribution in [0.25, 0.3) is 10.2 Å². The second kappa shape index (κ2) is 9.99. The Morgan fingerprint density at radius 2 is 1.74 bits per heavy atom. The molecule has 200 valence electrons. The van der Waals surface area contributed by atoms with E-state index < -0.39 is 22.1 Å². The van der Waals surface area contributed by atoms with Gasteiger partial charge in [-0.2, -0.15) is 0 Å². The molecule has 1 atom stereocenters. The fraction of sp³-hybridized carbons (Fsp3) is 0.321. The molecule has 0 aliphatic carbocycles. The van der Waals surface area contributed by atoms with Crippen molar-refractivity contribution in [1.29, 1.82) is 0 Å². The van der Waals surface area contributed by atoms with Crippen molar-refractivity contribution in [2.45, 2.75) is 64.9 Å². The summed E-state index contributed by atoms with van der Waals surface area (Å²) in [4.78, 5) is 34.3. The third-order valence-corrected chi connectivity index (χ3v) is 9.07. The Bertz CT molecular complexity index is 1700. The van der Waals surface area contributed by atoms with Crippen molar-refractivity contribution in [1.82, 2.24) is 9.97 Å². The summed E-state index contributed by atoms with van der Waals surface area (Å²) in [6.07, 6.45) is -0.793. The first-order valence-electron chi connectivity index (χ1n) is 12.1. The molecular formula is C28H31N3O5S2. The van der Waals surface area contributed by atoms with E-state index in [1.807, 2.05) is 40.7 Å². The maximum Gasteiger partial charge on any atom is 0.338 e. The number of ether oxygens (including phenoxy) is 1. The van der Waals surface area contributed by atoms with Crippen LogP contribution in [-0.2, 0) is 20.2 Å². The molecule has 0 radical (unpaired) electrons. The molecule has 0 spiro atoms. The van der Waals surface area contributed by atoms with Crippen LogP contribution in [0.5, 0.6) is 0 Å². The van der Waals surface area contributed by atoms with Gasteiger partial charge >= 0.3 is 5.97 Å². The van der Waals surface area contributed by atoms with Gasteiger partial charge in [0.05, 0.1) is 15.8 Å². The fourth-order valence-corrected chi connectivity index (χ4v) is 6.36. The maximum absolute atomic E-state index is 13.1. The number of aromatic nitrogens is 2. The Morgan fingerprint density at radius 3 is 2.37 bits per heavy atom. The van der Waals surface area contributed by atoms with Gasteiger partial charge in [-0.1, -0.05) is 32.9 Å². The Morgan fingerprint density at radius 1 is 1.08 bits per heavy atom. The lowest BCUT2D eigenvalue weighted by Gasteiger charge is -2.21. The lowest BCUT2D eigenvalue weighted by Crippen LogP contribution is -2.18. The summed E-state index contributed by atoms with van der Waals surface area (Å²) < 4.78 is 34.4. The van der Waals surface area contributed by atoms with E-state index in [2.05, 4.69) is 14.7 Å². The number of hydrogen-bond acceptors (Lipinski definition) is 7. The molecule has 0 saturated carbocycles. The number of esters is 1. The molecule has 0 saturated heterocycles. The van der Waals surface area contributed by atoms with E-state index in [0.717, 1.165) is 16.0 Å². The predicted octanol–water partition coefficient (Wildman–Crippen LogP) is 5.93. The number of fused-ring (bicyclic) bond motifs is 1. The summed E-state index contributed by atoms with van der Waals surface area (Å²) >= 11 is 1.42. The second-order valence-corrected chi connectivity index (χ2v) is 13.2. The maximum atomic E-state index is 13.1. The van der Waals surface area contributed by atoms with E-state index >= 15 is 0 Å². The predicted molar refractivity (Wildman–Crippen MR) is 151 cm³/mol. The summed E-state index contributed by atoms with van der Waals surface area (Å²) in [6, 6.07) is 11.4. The number of aromatic amines is 1. The number of benzene rings is 2. The third-order valence-electron chi connectivity index (χ3n) is 6.44. The molecule has 0 amide bonds. The van der Waals surface area contributed by atoms with E-state index in [1.165, 1.54) is 35.6 Å². The quantitative estimate of drug-likeness (QED) is 0.286. The molecule has 38 heavy (non-hydrogen) atoms. The zero-order chi connectivity index (χ0) is 28.0. The summed E-state index contributed by atoms with van der Waals surface area (Å²) in [5, 5.41) is 0.549. The number of aryl methyl sites for hydroxylation is 3. The van der Waals surface area contributed by atoms with Gasteiger partial charge in [-0.3, -0.25) is 9.52 Å². The van der Waals surface area contributed by atoms with Crippen molar-refractivity contribution in [3.8, 4) is 0 Å². The molecule has 2 aromatic carbocycles. The van der Waals surface area contributed by atoms with Gasteiger partial charge in [0.15, 0.2) is 11.9 Å². The van der Waals surface area contributed by atoms with Crippen LogP contribution in [0.4, 0.5) is 5.69 Å². The topological polar surface area (TPSA) is 118 Å². The van der Waals surface area contributed by atoms with Crippen LogP contribution in [-0.4, -0.2) is 24.4 Å². The minimum atomic E-state index is -3.85. The molecule has 0 bridgehead atoms. The van der Waals surface area contributed by atoms with Gasteiger partial charge in [-0.05, 0) is 80.1 Å². The first-order chi connectivity index (χ1) is 17.7. The number of rotatable bonds is 6. The number of nitrogens with one attached hydrogen (secondary N) is 2. The highest BCUT2D eigenvalue weighted by atomic mass is 32.2. The number of thiophene rings is 1. The van der Waals surface area contributed by atoms with Crippen LogP contribution in [0, 0.1) is 20.8 Å². The molecule has 2 heterocycles. The molecule has 0 aliphatic heterocycles. The summed E-state index contributed by atoms with van der Waals surface area (Å²) in [5.74, 6) is -0.365. The van der Waals surface area contributed by atoms with Crippen molar-refractivity contribution in [2.75, 3.05) is 4.72 Å². The van der Waals surface area contributed by atoms with E-state index in [0.29, 0.717) is 21.5 Å². The van der Waals surface area contributed by atoms with Crippen LogP contribution >= 0.6 is 11.3 Å². The smallest absolute Gasteiger partial charge is 0.338 e. The normalized spacial score (nSPS) is 12.9. The van der Waals surface area contributed by atoms with Crippen molar-refractivity contribution in [2.24, 2.45) is 0 Å². The molecule has 10 heteroatoms. The van der Waals surface area contributed by atoms with Gasteiger partial charge in [-0.15, -0.1) is 11.3 Å². The van der Waals surface area contributed by atoms with Crippen molar-refractivity contribution in [3.63, 3.8) is 0 Å². The van der Waals surface area contributed by atoms with E-state index in [1.54, 1.807) is 26.0 Å². The fourth-order valence-electron chi connectivity index (χ4n) is 3.99. The summed E-state index contributed by atoms with van der Waals surface area (Å²) in [6.45, 7) is 13.3. The van der Waals surface area contributed by atoms with Gasteiger partial charge in [-0.25, -0.2) is 18.2 Å². The van der Waals surface area contributed by atoms with Gasteiger partial charge in [0, 0.05) is 10.6 Å². The standard InChI is InChI=1S/C28H31N3O5S2/c1-15-8-11-20(28(5,6)7)14-22(15)38(34,35)31-21-12-9-19(10-13-21)27(33)36-17(3)24-29-25(32)23-16(2)18(4)37-26(23)30-24/h8-14,17,31H,1-7H3,(H,29,30,32). The number of anilines is 1. The first kappa shape index (κ1) is 27.5. The highest BCUT2D eigenvalue weighted by molar-refractivity contribution is 7.92. The SMILES string of the molecule is Cc1ccc(C(C)(C)C)cc1S(=O)(=O)Nc1ccc(C(=O)OC(C)c2nc3sc(C)c(C)c3c(=O)[nH]2)cc1. The Kier molecular flexibility index (Phi) is 7.24. The van der Waals surface area contributed by atoms with Gasteiger partial charge < -0.3 is 9.72 Å². The molecule has 8 nitrogen and oxygen atoms in total. The lowest BCUT2D eigenvalue weighted by atomic mass is 9.87. The van der Waals surface area contributed by atoms with Gasteiger partial charge in [0.1, 0.15) is 4.83 Å². The first-order valence-corrected chi connectivity index (χ1v) is 14.4. The Balaban J connectivity index is 1.49. The second-order valence-electron chi connectivity index (χ2n) is 10.4. The lowest BCUT2D eigenvalue weighted by molar-refractivity contribution is 0.0320. The van der Waals surface area contributed by atoms with Crippen LogP contribution < -0.4 is 10.3 Å². The van der Waals surface area contributed by atoms with Crippen molar-refractivity contribution >= 4 is 43.2 Å². The zero-order valence-electron chi connectivity index (χ0n) is 22.4. The van der Waals surface area contributed by atoms with E-state index in [-0.39, 0.29) is 27.3 Å². The van der Waals surface area contributed by atoms with Crippen LogP contribution in [0.2, 0.25) is 0 Å². The zero-order valence-corrected chi connectivity index (χ0v) is 24.1. The van der Waals surface area contributed by atoms with Gasteiger partial charge in [0.25, 0.3) is 15.6 Å². The van der Waals surface area contributed by atoms with E-state index in [4.69, 9.17) is 4.74 Å². The summed E-state index contributed by atoms with van der Waals surface area (Å²) in [7, 11) is -3.85. The number of carbonyl (C=O) groups is 1. The molecular weight excluding hydrogens is 522 g/mol. The molecule has 4 aromatic rings. The van der Waals surface area contributed by atoms with Crippen molar-refractivity contribution in [3.05, 3.63) is 85.8 Å². The van der Waals surface area contributed by atoms with Crippen LogP contribution in [0.15, 0.2) is 52.2 Å². The average molecular weight is 554 g/mol. The number of H-pyrrole nitrogens is 1. The Labute approximate surface area is 226 Å².